The van der Waals surface area contributed by atoms with E-state index < -0.39 is 0 Å². The Morgan fingerprint density at radius 2 is 2.00 bits per heavy atom. The number of nitrogens with zero attached hydrogens (tertiary/aromatic N) is 2. The van der Waals surface area contributed by atoms with Crippen LogP contribution in [0.5, 0.6) is 5.75 Å². The molecule has 0 bridgehead atoms. The highest BCUT2D eigenvalue weighted by Crippen LogP contribution is 2.29. The summed E-state index contributed by atoms with van der Waals surface area (Å²) in [7, 11) is 3.60. The van der Waals surface area contributed by atoms with Crippen LogP contribution in [0.15, 0.2) is 24.3 Å². The van der Waals surface area contributed by atoms with Crippen LogP contribution < -0.4 is 4.74 Å². The number of methoxy groups -OCH3 is 1. The molecular weight excluding hydrogens is 264 g/mol. The molecule has 0 unspecified atom stereocenters. The van der Waals surface area contributed by atoms with Gasteiger partial charge in [-0.25, -0.2) is 0 Å². The first kappa shape index (κ1) is 14.0. The van der Waals surface area contributed by atoms with Crippen LogP contribution in [0.4, 0.5) is 0 Å². The second-order valence-corrected chi connectivity index (χ2v) is 5.96. The zero-order valence-corrected chi connectivity index (χ0v) is 12.9. The van der Waals surface area contributed by atoms with Gasteiger partial charge in [0.2, 0.25) is 0 Å². The predicted octanol–water partition coefficient (Wildman–Crippen LogP) is 3.06. The van der Waals surface area contributed by atoms with Crippen LogP contribution in [0.2, 0.25) is 0 Å². The zero-order chi connectivity index (χ0) is 15.0. The molecule has 2 aromatic rings. The molecule has 0 spiro atoms. The number of carbonyl (C=O) groups excluding carboxylic acids is 1. The number of rotatable bonds is 2. The number of ether oxygens (including phenoxy) is 1. The van der Waals surface area contributed by atoms with E-state index >= 15 is 0 Å². The van der Waals surface area contributed by atoms with E-state index in [1.165, 1.54) is 0 Å². The predicted molar refractivity (Wildman–Crippen MR) is 83.8 cm³/mol. The first-order valence-corrected chi connectivity index (χ1v) is 7.53. The SMILES string of the molecule is COc1cccc2cc(C(=O)N3CCC(C)CC3)n(C)c12. The third-order valence-electron chi connectivity index (χ3n) is 4.53. The molecule has 2 heterocycles. The Morgan fingerprint density at radius 3 is 2.67 bits per heavy atom. The second kappa shape index (κ2) is 5.43. The van der Waals surface area contributed by atoms with Gasteiger partial charge in [0.15, 0.2) is 0 Å². The maximum absolute atomic E-state index is 12.8. The number of hydrogen-bond acceptors (Lipinski definition) is 2. The second-order valence-electron chi connectivity index (χ2n) is 5.96. The number of amides is 1. The quantitative estimate of drug-likeness (QED) is 0.850. The van der Waals surface area contributed by atoms with E-state index in [2.05, 4.69) is 6.92 Å². The molecule has 0 aliphatic carbocycles. The number of benzene rings is 1. The Kier molecular flexibility index (Phi) is 3.62. The number of para-hydroxylation sites is 1. The molecule has 1 aromatic heterocycles. The van der Waals surface area contributed by atoms with Crippen LogP contribution in [0.1, 0.15) is 30.3 Å². The lowest BCUT2D eigenvalue weighted by Gasteiger charge is -2.30. The molecule has 1 amide bonds. The van der Waals surface area contributed by atoms with Gasteiger partial charge in [-0.3, -0.25) is 4.79 Å². The fourth-order valence-electron chi connectivity index (χ4n) is 3.12. The molecule has 112 valence electrons. The summed E-state index contributed by atoms with van der Waals surface area (Å²) < 4.78 is 7.37. The minimum absolute atomic E-state index is 0.127. The molecule has 1 aromatic carbocycles. The number of fused-ring (bicyclic) bond motifs is 1. The summed E-state index contributed by atoms with van der Waals surface area (Å²) in [5.74, 6) is 1.66. The monoisotopic (exact) mass is 286 g/mol. The number of hydrogen-bond donors (Lipinski definition) is 0. The first-order chi connectivity index (χ1) is 10.1. The van der Waals surface area contributed by atoms with Crippen molar-refractivity contribution in [1.29, 1.82) is 0 Å². The summed E-state index contributed by atoms with van der Waals surface area (Å²) in [5.41, 5.74) is 1.72. The lowest BCUT2D eigenvalue weighted by atomic mass is 9.99. The minimum atomic E-state index is 0.127. The topological polar surface area (TPSA) is 34.5 Å². The van der Waals surface area contributed by atoms with E-state index in [1.807, 2.05) is 40.8 Å². The van der Waals surface area contributed by atoms with E-state index in [1.54, 1.807) is 7.11 Å². The van der Waals surface area contributed by atoms with Crippen LogP contribution in [-0.4, -0.2) is 35.6 Å². The fraction of sp³-hybridized carbons (Fsp3) is 0.471. The van der Waals surface area contributed by atoms with Crippen LogP contribution in [0.25, 0.3) is 10.9 Å². The van der Waals surface area contributed by atoms with Gasteiger partial charge in [-0.1, -0.05) is 19.1 Å². The molecule has 0 atom stereocenters. The highest BCUT2D eigenvalue weighted by molar-refractivity contribution is 6.00. The number of piperidine rings is 1. The maximum Gasteiger partial charge on any atom is 0.270 e. The van der Waals surface area contributed by atoms with Gasteiger partial charge in [-0.05, 0) is 30.9 Å². The van der Waals surface area contributed by atoms with E-state index in [4.69, 9.17) is 4.74 Å². The van der Waals surface area contributed by atoms with Gasteiger partial charge in [-0.15, -0.1) is 0 Å². The van der Waals surface area contributed by atoms with Crippen molar-refractivity contribution in [2.75, 3.05) is 20.2 Å². The summed E-state index contributed by atoms with van der Waals surface area (Å²) in [6, 6.07) is 7.88. The molecule has 21 heavy (non-hydrogen) atoms. The number of aryl methyl sites for hydroxylation is 1. The molecule has 1 saturated heterocycles. The van der Waals surface area contributed by atoms with Gasteiger partial charge in [0.1, 0.15) is 11.4 Å². The van der Waals surface area contributed by atoms with Crippen LogP contribution in [0, 0.1) is 5.92 Å². The number of carbonyl (C=O) groups is 1. The van der Waals surface area contributed by atoms with Crippen molar-refractivity contribution in [3.05, 3.63) is 30.0 Å². The van der Waals surface area contributed by atoms with E-state index in [0.29, 0.717) is 0 Å². The number of likely N-dealkylation sites (tertiary alicyclic amines) is 1. The van der Waals surface area contributed by atoms with Crippen LogP contribution >= 0.6 is 0 Å². The summed E-state index contributed by atoms with van der Waals surface area (Å²) in [4.78, 5) is 14.7. The van der Waals surface area contributed by atoms with Crippen molar-refractivity contribution in [2.45, 2.75) is 19.8 Å². The third-order valence-corrected chi connectivity index (χ3v) is 4.53. The van der Waals surface area contributed by atoms with Crippen molar-refractivity contribution < 1.29 is 9.53 Å². The highest BCUT2D eigenvalue weighted by atomic mass is 16.5. The molecule has 1 aliphatic rings. The molecule has 0 radical (unpaired) electrons. The average molecular weight is 286 g/mol. The lowest BCUT2D eigenvalue weighted by Crippen LogP contribution is -2.38. The number of aromatic nitrogens is 1. The molecule has 1 aliphatic heterocycles. The Balaban J connectivity index is 1.97. The fourth-order valence-corrected chi connectivity index (χ4v) is 3.12. The van der Waals surface area contributed by atoms with Gasteiger partial charge in [0, 0.05) is 25.5 Å². The summed E-state index contributed by atoms with van der Waals surface area (Å²) in [5, 5.41) is 1.05. The highest BCUT2D eigenvalue weighted by Gasteiger charge is 2.24. The molecule has 4 nitrogen and oxygen atoms in total. The Labute approximate surface area is 125 Å². The van der Waals surface area contributed by atoms with Crippen molar-refractivity contribution in [3.8, 4) is 5.75 Å². The van der Waals surface area contributed by atoms with Gasteiger partial charge < -0.3 is 14.2 Å². The van der Waals surface area contributed by atoms with Gasteiger partial charge in [0.05, 0.1) is 12.6 Å². The lowest BCUT2D eigenvalue weighted by molar-refractivity contribution is 0.0688. The van der Waals surface area contributed by atoms with Crippen molar-refractivity contribution in [3.63, 3.8) is 0 Å². The van der Waals surface area contributed by atoms with Crippen molar-refractivity contribution >= 4 is 16.8 Å². The smallest absolute Gasteiger partial charge is 0.270 e. The molecule has 4 heteroatoms. The van der Waals surface area contributed by atoms with E-state index in [0.717, 1.165) is 54.2 Å². The van der Waals surface area contributed by atoms with Crippen molar-refractivity contribution in [2.24, 2.45) is 13.0 Å². The van der Waals surface area contributed by atoms with Gasteiger partial charge >= 0.3 is 0 Å². The summed E-state index contributed by atoms with van der Waals surface area (Å²) in [6.45, 7) is 3.97. The summed E-state index contributed by atoms with van der Waals surface area (Å²) in [6.07, 6.45) is 2.19. The molecule has 3 rings (SSSR count). The minimum Gasteiger partial charge on any atom is -0.495 e. The largest absolute Gasteiger partial charge is 0.495 e. The maximum atomic E-state index is 12.8. The molecule has 0 saturated carbocycles. The van der Waals surface area contributed by atoms with Crippen LogP contribution in [-0.2, 0) is 7.05 Å². The van der Waals surface area contributed by atoms with E-state index in [9.17, 15) is 4.79 Å². The Morgan fingerprint density at radius 1 is 1.29 bits per heavy atom. The summed E-state index contributed by atoms with van der Waals surface area (Å²) >= 11 is 0. The first-order valence-electron chi connectivity index (χ1n) is 7.53. The Hall–Kier alpha value is -1.97. The van der Waals surface area contributed by atoms with E-state index in [-0.39, 0.29) is 5.91 Å². The zero-order valence-electron chi connectivity index (χ0n) is 12.9. The molecule has 1 fully saturated rings. The normalized spacial score (nSPS) is 16.4. The molecular formula is C17H22N2O2. The third kappa shape index (κ3) is 2.39. The van der Waals surface area contributed by atoms with Gasteiger partial charge in [-0.2, -0.15) is 0 Å². The van der Waals surface area contributed by atoms with Gasteiger partial charge in [0.25, 0.3) is 5.91 Å². The Bertz CT molecular complexity index is 667. The van der Waals surface area contributed by atoms with Crippen LogP contribution in [0.3, 0.4) is 0 Å². The average Bonchev–Trinajstić information content (AvgIpc) is 2.84. The van der Waals surface area contributed by atoms with Crippen molar-refractivity contribution in [1.82, 2.24) is 9.47 Å². The standard InChI is InChI=1S/C17H22N2O2/c1-12-7-9-19(10-8-12)17(20)14-11-13-5-4-6-15(21-3)16(13)18(14)2/h4-6,11-12H,7-10H2,1-3H3. The molecule has 0 N–H and O–H groups in total.